The van der Waals surface area contributed by atoms with Crippen molar-refractivity contribution in [1.29, 1.82) is 0 Å². The van der Waals surface area contributed by atoms with Crippen molar-refractivity contribution in [2.45, 2.75) is 37.4 Å². The second-order valence-corrected chi connectivity index (χ2v) is 10.0. The minimum Gasteiger partial charge on any atom is -0.494 e. The fourth-order valence-corrected chi connectivity index (χ4v) is 4.95. The van der Waals surface area contributed by atoms with Crippen molar-refractivity contribution >= 4 is 33.2 Å². The quantitative estimate of drug-likeness (QED) is 0.370. The lowest BCUT2D eigenvalue weighted by atomic mass is 10.1. The number of halogens is 4. The lowest BCUT2D eigenvalue weighted by Gasteiger charge is -2.20. The molecular weight excluding hydrogens is 517 g/mol. The molecule has 3 rings (SSSR count). The first-order chi connectivity index (χ1) is 16.9. The molecule has 1 amide bonds. The van der Waals surface area contributed by atoms with Crippen molar-refractivity contribution in [3.8, 4) is 5.75 Å². The Balaban J connectivity index is 1.90. The average molecular weight is 541 g/mol. The Labute approximate surface area is 212 Å². The van der Waals surface area contributed by atoms with Crippen LogP contribution in [0.1, 0.15) is 23.6 Å². The van der Waals surface area contributed by atoms with Crippen LogP contribution in [-0.4, -0.2) is 27.0 Å². The third kappa shape index (κ3) is 6.99. The van der Waals surface area contributed by atoms with E-state index in [0.29, 0.717) is 29.5 Å². The number of nitrogens with one attached hydrogen (secondary N) is 2. The molecule has 0 aromatic heterocycles. The van der Waals surface area contributed by atoms with Crippen LogP contribution in [0.4, 0.5) is 18.9 Å². The maximum atomic E-state index is 13.2. The zero-order valence-electron chi connectivity index (χ0n) is 19.4. The summed E-state index contributed by atoms with van der Waals surface area (Å²) in [5, 5.41) is 1.85. The van der Waals surface area contributed by atoms with Gasteiger partial charge in [-0.1, -0.05) is 41.9 Å². The number of aryl methyl sites for hydroxylation is 1. The van der Waals surface area contributed by atoms with Gasteiger partial charge in [-0.15, -0.1) is 0 Å². The Morgan fingerprint density at radius 1 is 1.06 bits per heavy atom. The molecule has 6 nitrogen and oxygen atoms in total. The first kappa shape index (κ1) is 27.5. The van der Waals surface area contributed by atoms with Gasteiger partial charge in [0.1, 0.15) is 11.8 Å². The summed E-state index contributed by atoms with van der Waals surface area (Å²) in [5.41, 5.74) is -0.0575. The van der Waals surface area contributed by atoms with Crippen LogP contribution in [0.15, 0.2) is 71.6 Å². The molecule has 3 aromatic rings. The van der Waals surface area contributed by atoms with E-state index in [1.165, 1.54) is 24.3 Å². The second kappa shape index (κ2) is 11.3. The van der Waals surface area contributed by atoms with E-state index in [2.05, 4.69) is 10.0 Å². The predicted octanol–water partition coefficient (Wildman–Crippen LogP) is 5.59. The molecule has 11 heteroatoms. The summed E-state index contributed by atoms with van der Waals surface area (Å²) < 4.78 is 73.8. The van der Waals surface area contributed by atoms with Crippen molar-refractivity contribution in [3.63, 3.8) is 0 Å². The van der Waals surface area contributed by atoms with Crippen molar-refractivity contribution in [3.05, 3.63) is 88.4 Å². The highest BCUT2D eigenvalue weighted by molar-refractivity contribution is 7.89. The average Bonchev–Trinajstić information content (AvgIpc) is 2.81. The first-order valence-corrected chi connectivity index (χ1v) is 12.7. The van der Waals surface area contributed by atoms with E-state index in [-0.39, 0.29) is 17.0 Å². The highest BCUT2D eigenvalue weighted by atomic mass is 35.5. The van der Waals surface area contributed by atoms with Gasteiger partial charge in [0.05, 0.1) is 22.1 Å². The summed E-state index contributed by atoms with van der Waals surface area (Å²) in [6.07, 6.45) is -4.77. The van der Waals surface area contributed by atoms with Crippen LogP contribution in [-0.2, 0) is 27.4 Å². The molecule has 36 heavy (non-hydrogen) atoms. The normalized spacial score (nSPS) is 12.7. The van der Waals surface area contributed by atoms with Gasteiger partial charge in [0.2, 0.25) is 15.9 Å². The molecule has 3 aromatic carbocycles. The summed E-state index contributed by atoms with van der Waals surface area (Å²) in [7, 11) is -4.18. The second-order valence-electron chi connectivity index (χ2n) is 7.91. The topological polar surface area (TPSA) is 84.5 Å². The van der Waals surface area contributed by atoms with Gasteiger partial charge in [0.15, 0.2) is 0 Å². The third-order valence-corrected chi connectivity index (χ3v) is 6.99. The van der Waals surface area contributed by atoms with Crippen LogP contribution in [0, 0.1) is 6.92 Å². The number of anilines is 1. The molecule has 0 radical (unpaired) electrons. The number of carbonyl (C=O) groups excluding carboxylic acids is 1. The highest BCUT2D eigenvalue weighted by Gasteiger charge is 2.34. The number of ether oxygens (including phenoxy) is 1. The van der Waals surface area contributed by atoms with Gasteiger partial charge in [-0.2, -0.15) is 17.9 Å². The zero-order chi connectivity index (χ0) is 26.5. The standard InChI is InChI=1S/C25H24ClF3N2O4S/c1-3-35-23-12-10-19(13-16(23)2)36(33,34)31-22(14-17-7-5-4-6-8-17)24(32)30-18-9-11-21(26)20(15-18)25(27,28)29/h4-13,15,22,31H,3,14H2,1-2H3,(H,30,32). The summed E-state index contributed by atoms with van der Waals surface area (Å²) >= 11 is 5.65. The Hall–Kier alpha value is -3.08. The number of hydrogen-bond acceptors (Lipinski definition) is 4. The number of rotatable bonds is 9. The Kier molecular flexibility index (Phi) is 8.65. The predicted molar refractivity (Wildman–Crippen MR) is 132 cm³/mol. The van der Waals surface area contributed by atoms with Gasteiger partial charge >= 0.3 is 6.18 Å². The third-order valence-electron chi connectivity index (χ3n) is 5.19. The van der Waals surface area contributed by atoms with Crippen LogP contribution >= 0.6 is 11.6 Å². The van der Waals surface area contributed by atoms with E-state index in [4.69, 9.17) is 16.3 Å². The molecule has 2 N–H and O–H groups in total. The molecule has 0 saturated heterocycles. The monoisotopic (exact) mass is 540 g/mol. The van der Waals surface area contributed by atoms with Crippen molar-refractivity contribution in [2.75, 3.05) is 11.9 Å². The molecule has 0 aliphatic heterocycles. The van der Waals surface area contributed by atoms with E-state index < -0.39 is 38.7 Å². The summed E-state index contributed by atoms with van der Waals surface area (Å²) in [6.45, 7) is 3.90. The van der Waals surface area contributed by atoms with E-state index in [1.54, 1.807) is 44.2 Å². The molecule has 192 valence electrons. The lowest BCUT2D eigenvalue weighted by molar-refractivity contribution is -0.137. The fraction of sp³-hybridized carbons (Fsp3) is 0.240. The molecule has 0 heterocycles. The van der Waals surface area contributed by atoms with E-state index >= 15 is 0 Å². The molecule has 0 fully saturated rings. The molecule has 0 saturated carbocycles. The van der Waals surface area contributed by atoms with E-state index in [0.717, 1.165) is 6.07 Å². The first-order valence-electron chi connectivity index (χ1n) is 10.9. The van der Waals surface area contributed by atoms with Crippen LogP contribution in [0.3, 0.4) is 0 Å². The Bertz CT molecular complexity index is 1330. The summed E-state index contributed by atoms with van der Waals surface area (Å²) in [4.78, 5) is 13.0. The maximum absolute atomic E-state index is 13.2. The number of benzene rings is 3. The van der Waals surface area contributed by atoms with Gasteiger partial charge in [-0.3, -0.25) is 4.79 Å². The molecule has 1 atom stereocenters. The minimum atomic E-state index is -4.73. The SMILES string of the molecule is CCOc1ccc(S(=O)(=O)NC(Cc2ccccc2)C(=O)Nc2ccc(Cl)c(C(F)(F)F)c2)cc1C. The minimum absolute atomic E-state index is 0.0400. The molecule has 0 spiro atoms. The number of hydrogen-bond donors (Lipinski definition) is 2. The largest absolute Gasteiger partial charge is 0.494 e. The lowest BCUT2D eigenvalue weighted by Crippen LogP contribution is -2.45. The van der Waals surface area contributed by atoms with Gasteiger partial charge in [0.25, 0.3) is 0 Å². The van der Waals surface area contributed by atoms with Crippen molar-refractivity contribution in [1.82, 2.24) is 4.72 Å². The smallest absolute Gasteiger partial charge is 0.417 e. The van der Waals surface area contributed by atoms with Crippen molar-refractivity contribution in [2.24, 2.45) is 0 Å². The van der Waals surface area contributed by atoms with Crippen LogP contribution in [0.25, 0.3) is 0 Å². The summed E-state index contributed by atoms with van der Waals surface area (Å²) in [5.74, 6) is -0.307. The van der Waals surface area contributed by atoms with Gasteiger partial charge in [0, 0.05) is 5.69 Å². The van der Waals surface area contributed by atoms with Crippen LogP contribution in [0.5, 0.6) is 5.75 Å². The molecule has 1 unspecified atom stereocenters. The number of carbonyl (C=O) groups is 1. The molecule has 0 bridgehead atoms. The van der Waals surface area contributed by atoms with Gasteiger partial charge < -0.3 is 10.1 Å². The van der Waals surface area contributed by atoms with E-state index in [9.17, 15) is 26.4 Å². The number of amides is 1. The van der Waals surface area contributed by atoms with Crippen LogP contribution < -0.4 is 14.8 Å². The highest BCUT2D eigenvalue weighted by Crippen LogP contribution is 2.36. The Morgan fingerprint density at radius 2 is 1.75 bits per heavy atom. The van der Waals surface area contributed by atoms with Crippen LogP contribution in [0.2, 0.25) is 5.02 Å². The Morgan fingerprint density at radius 3 is 2.36 bits per heavy atom. The van der Waals surface area contributed by atoms with Gasteiger partial charge in [-0.25, -0.2) is 8.42 Å². The maximum Gasteiger partial charge on any atom is 0.417 e. The van der Waals surface area contributed by atoms with Gasteiger partial charge in [-0.05, 0) is 67.8 Å². The molecular formula is C25H24ClF3N2O4S. The molecule has 0 aliphatic carbocycles. The summed E-state index contributed by atoms with van der Waals surface area (Å²) in [6, 6.07) is 14.5. The van der Waals surface area contributed by atoms with Crippen molar-refractivity contribution < 1.29 is 31.1 Å². The zero-order valence-corrected chi connectivity index (χ0v) is 21.0. The van der Waals surface area contributed by atoms with E-state index in [1.807, 2.05) is 0 Å². The number of sulfonamides is 1. The fourth-order valence-electron chi connectivity index (χ4n) is 3.45. The number of alkyl halides is 3. The molecule has 0 aliphatic rings.